The van der Waals surface area contributed by atoms with Crippen LogP contribution >= 0.6 is 11.3 Å². The smallest absolute Gasteiger partial charge is 0.227 e. The van der Waals surface area contributed by atoms with E-state index in [0.717, 1.165) is 72.5 Å². The first-order valence-electron chi connectivity index (χ1n) is 11.5. The van der Waals surface area contributed by atoms with Crippen LogP contribution in [0.5, 0.6) is 0 Å². The van der Waals surface area contributed by atoms with Gasteiger partial charge in [-0.15, -0.1) is 11.3 Å². The van der Waals surface area contributed by atoms with E-state index in [-0.39, 0.29) is 11.3 Å². The van der Waals surface area contributed by atoms with Crippen molar-refractivity contribution in [2.75, 3.05) is 36.4 Å². The Labute approximate surface area is 191 Å². The van der Waals surface area contributed by atoms with E-state index in [4.69, 9.17) is 9.97 Å². The first kappa shape index (κ1) is 20.0. The van der Waals surface area contributed by atoms with Crippen molar-refractivity contribution in [1.29, 1.82) is 0 Å². The van der Waals surface area contributed by atoms with Gasteiger partial charge in [0.25, 0.3) is 0 Å². The van der Waals surface area contributed by atoms with Crippen LogP contribution in [0.15, 0.2) is 17.5 Å². The Morgan fingerprint density at radius 1 is 1.19 bits per heavy atom. The van der Waals surface area contributed by atoms with Crippen LogP contribution in [0.1, 0.15) is 39.3 Å². The van der Waals surface area contributed by atoms with Gasteiger partial charge in [-0.25, -0.2) is 4.98 Å². The molecule has 168 valence electrons. The number of aromatic nitrogens is 4. The maximum absolute atomic E-state index is 12.8. The van der Waals surface area contributed by atoms with Crippen LogP contribution in [-0.4, -0.2) is 57.2 Å². The molecular formula is C23H29N7OS. The number of nitrogens with one attached hydrogen (secondary N) is 2. The molecule has 32 heavy (non-hydrogen) atoms. The zero-order valence-corrected chi connectivity index (χ0v) is 19.6. The number of piperidine rings is 1. The highest BCUT2D eigenvalue weighted by Gasteiger charge is 2.60. The van der Waals surface area contributed by atoms with Gasteiger partial charge in [0, 0.05) is 49.3 Å². The minimum absolute atomic E-state index is 0.00162. The average Bonchev–Trinajstić information content (AvgIpc) is 3.38. The predicted molar refractivity (Wildman–Crippen MR) is 126 cm³/mol. The number of carbonyl (C=O) groups excluding carboxylic acids is 1. The van der Waals surface area contributed by atoms with Gasteiger partial charge in [0.05, 0.1) is 10.2 Å². The van der Waals surface area contributed by atoms with Gasteiger partial charge in [0.2, 0.25) is 11.9 Å². The number of hydrogen-bond acceptors (Lipinski definition) is 7. The van der Waals surface area contributed by atoms with Crippen molar-refractivity contribution in [3.05, 3.63) is 23.2 Å². The number of nitrogens with zero attached hydrogens (tertiary/aromatic N) is 5. The van der Waals surface area contributed by atoms with Crippen molar-refractivity contribution in [1.82, 2.24) is 25.1 Å². The SMILES string of the molecule is CC(C)(C)c1cc(Nc2nc(N3C[C@@H]4C(C(=O)N5CCCC5)[C@@H]4C3)nc3ccsc23)n[nH]1. The summed E-state index contributed by atoms with van der Waals surface area (Å²) in [6, 6.07) is 4.08. The molecule has 6 rings (SSSR count). The van der Waals surface area contributed by atoms with Crippen LogP contribution in [0.2, 0.25) is 0 Å². The molecule has 0 spiro atoms. The number of thiophene rings is 1. The lowest BCUT2D eigenvalue weighted by Gasteiger charge is -2.22. The first-order chi connectivity index (χ1) is 15.4. The Morgan fingerprint density at radius 2 is 1.94 bits per heavy atom. The summed E-state index contributed by atoms with van der Waals surface area (Å²) in [4.78, 5) is 26.8. The lowest BCUT2D eigenvalue weighted by atomic mass is 9.92. The molecule has 1 aliphatic carbocycles. The number of likely N-dealkylation sites (tertiary alicyclic amines) is 1. The van der Waals surface area contributed by atoms with Gasteiger partial charge in [0.15, 0.2) is 11.6 Å². The van der Waals surface area contributed by atoms with Gasteiger partial charge < -0.3 is 15.1 Å². The van der Waals surface area contributed by atoms with E-state index >= 15 is 0 Å². The summed E-state index contributed by atoms with van der Waals surface area (Å²) >= 11 is 1.63. The monoisotopic (exact) mass is 451 g/mol. The molecule has 3 aliphatic rings. The second-order valence-electron chi connectivity index (χ2n) is 10.3. The zero-order chi connectivity index (χ0) is 22.0. The standard InChI is InChI=1S/C23H29N7OS/c1-23(2,3)16-10-17(28-27-16)25-20-19-15(6-9-32-19)24-22(26-20)30-11-13-14(12-30)18(13)21(31)29-7-4-5-8-29/h6,9-10,13-14,18H,4-5,7-8,11-12H2,1-3H3,(H2,24,25,26,27,28)/t13-,14+,18?. The fourth-order valence-corrected chi connectivity index (χ4v) is 5.95. The molecule has 2 aliphatic heterocycles. The molecule has 1 saturated carbocycles. The third kappa shape index (κ3) is 3.34. The summed E-state index contributed by atoms with van der Waals surface area (Å²) in [5.74, 6) is 3.77. The highest BCUT2D eigenvalue weighted by atomic mass is 32.1. The normalized spacial score (nSPS) is 24.9. The van der Waals surface area contributed by atoms with Gasteiger partial charge in [-0.05, 0) is 36.1 Å². The van der Waals surface area contributed by atoms with Crippen molar-refractivity contribution in [2.24, 2.45) is 17.8 Å². The number of fused-ring (bicyclic) bond motifs is 2. The molecule has 2 N–H and O–H groups in total. The number of anilines is 3. The first-order valence-corrected chi connectivity index (χ1v) is 12.4. The Hall–Kier alpha value is -2.68. The third-order valence-corrected chi connectivity index (χ3v) is 8.01. The number of aromatic amines is 1. The van der Waals surface area contributed by atoms with Crippen molar-refractivity contribution >= 4 is 45.0 Å². The Balaban J connectivity index is 1.21. The highest BCUT2D eigenvalue weighted by molar-refractivity contribution is 7.17. The van der Waals surface area contributed by atoms with Gasteiger partial charge in [0.1, 0.15) is 0 Å². The molecule has 3 fully saturated rings. The van der Waals surface area contributed by atoms with Crippen LogP contribution in [0, 0.1) is 17.8 Å². The van der Waals surface area contributed by atoms with Crippen LogP contribution in [-0.2, 0) is 10.2 Å². The molecule has 3 aromatic rings. The van der Waals surface area contributed by atoms with Gasteiger partial charge in [-0.3, -0.25) is 9.89 Å². The number of rotatable bonds is 4. The fraction of sp³-hybridized carbons (Fsp3) is 0.565. The summed E-state index contributed by atoms with van der Waals surface area (Å²) in [6.07, 6.45) is 2.30. The number of amides is 1. The van der Waals surface area contributed by atoms with E-state index in [1.807, 2.05) is 17.5 Å². The van der Waals surface area contributed by atoms with Crippen molar-refractivity contribution < 1.29 is 4.79 Å². The molecule has 0 aromatic carbocycles. The minimum Gasteiger partial charge on any atom is -0.342 e. The summed E-state index contributed by atoms with van der Waals surface area (Å²) in [5, 5.41) is 13.0. The van der Waals surface area contributed by atoms with E-state index in [9.17, 15) is 4.79 Å². The van der Waals surface area contributed by atoms with Gasteiger partial charge in [-0.1, -0.05) is 20.8 Å². The van der Waals surface area contributed by atoms with Crippen molar-refractivity contribution in [3.63, 3.8) is 0 Å². The second-order valence-corrected chi connectivity index (χ2v) is 11.3. The average molecular weight is 452 g/mol. The van der Waals surface area contributed by atoms with Crippen LogP contribution in [0.4, 0.5) is 17.6 Å². The Bertz CT molecular complexity index is 1160. The van der Waals surface area contributed by atoms with Crippen molar-refractivity contribution in [2.45, 2.75) is 39.0 Å². The fourth-order valence-electron chi connectivity index (χ4n) is 5.17. The van der Waals surface area contributed by atoms with Crippen LogP contribution in [0.25, 0.3) is 10.2 Å². The topological polar surface area (TPSA) is 90.0 Å². The molecule has 1 amide bonds. The molecule has 2 saturated heterocycles. The third-order valence-electron chi connectivity index (χ3n) is 7.10. The number of carbonyl (C=O) groups is 1. The van der Waals surface area contributed by atoms with E-state index < -0.39 is 0 Å². The number of H-pyrrole nitrogens is 1. The minimum atomic E-state index is 0.00162. The summed E-state index contributed by atoms with van der Waals surface area (Å²) < 4.78 is 1.03. The predicted octanol–water partition coefficient (Wildman–Crippen LogP) is 3.76. The molecule has 5 heterocycles. The molecule has 0 bridgehead atoms. The van der Waals surface area contributed by atoms with Crippen LogP contribution in [0.3, 0.4) is 0 Å². The largest absolute Gasteiger partial charge is 0.342 e. The lowest BCUT2D eigenvalue weighted by molar-refractivity contribution is -0.132. The molecular weight excluding hydrogens is 422 g/mol. The quantitative estimate of drug-likeness (QED) is 0.628. The Morgan fingerprint density at radius 3 is 2.62 bits per heavy atom. The summed E-state index contributed by atoms with van der Waals surface area (Å²) in [5.41, 5.74) is 2.02. The molecule has 3 aromatic heterocycles. The Kier molecular flexibility index (Phi) is 4.47. The highest BCUT2D eigenvalue weighted by Crippen LogP contribution is 2.53. The van der Waals surface area contributed by atoms with Gasteiger partial charge >= 0.3 is 0 Å². The van der Waals surface area contributed by atoms with Crippen LogP contribution < -0.4 is 10.2 Å². The molecule has 1 unspecified atom stereocenters. The molecule has 0 radical (unpaired) electrons. The van der Waals surface area contributed by atoms with Gasteiger partial charge in [-0.2, -0.15) is 10.1 Å². The molecule has 8 nitrogen and oxygen atoms in total. The van der Waals surface area contributed by atoms with E-state index in [1.165, 1.54) is 0 Å². The zero-order valence-electron chi connectivity index (χ0n) is 18.8. The second kappa shape index (κ2) is 7.16. The van der Waals surface area contributed by atoms with E-state index in [0.29, 0.717) is 17.7 Å². The molecule has 9 heteroatoms. The summed E-state index contributed by atoms with van der Waals surface area (Å²) in [7, 11) is 0. The summed E-state index contributed by atoms with van der Waals surface area (Å²) in [6.45, 7) is 10.1. The lowest BCUT2D eigenvalue weighted by Crippen LogP contribution is -2.34. The maximum atomic E-state index is 12.8. The van der Waals surface area contributed by atoms with E-state index in [2.05, 4.69) is 46.1 Å². The maximum Gasteiger partial charge on any atom is 0.227 e. The van der Waals surface area contributed by atoms with E-state index in [1.54, 1.807) is 11.3 Å². The van der Waals surface area contributed by atoms with Crippen molar-refractivity contribution in [3.8, 4) is 0 Å². The number of hydrogen-bond donors (Lipinski definition) is 2. The molecule has 3 atom stereocenters.